The molecule has 4 heteroatoms. The minimum Gasteiger partial charge on any atom is -0.309 e. The average Bonchev–Trinajstić information content (AvgIpc) is 3.96. The molecule has 0 amide bonds. The Balaban J connectivity index is 1.07. The second kappa shape index (κ2) is 16.0. The molecule has 3 heterocycles. The maximum absolute atomic E-state index is 3.07. The van der Waals surface area contributed by atoms with Gasteiger partial charge in [-0.1, -0.05) is 237 Å². The van der Waals surface area contributed by atoms with Crippen LogP contribution in [0.4, 0.5) is 0 Å². The van der Waals surface area contributed by atoms with Gasteiger partial charge in [0.05, 0.1) is 27.8 Å². The summed E-state index contributed by atoms with van der Waals surface area (Å²) in [5, 5.41) is 16.5. The molecule has 1 aliphatic heterocycles. The second-order valence-electron chi connectivity index (χ2n) is 18.7. The van der Waals surface area contributed by atoms with E-state index in [2.05, 4.69) is 288 Å². The monoisotopic (exact) mass is 922 g/mol. The van der Waals surface area contributed by atoms with E-state index in [1.54, 1.807) is 0 Å². The van der Waals surface area contributed by atoms with Crippen molar-refractivity contribution in [3.63, 3.8) is 0 Å². The minimum atomic E-state index is -3.07. The zero-order valence-electron chi connectivity index (χ0n) is 38.5. The Hall–Kier alpha value is -8.55. The lowest BCUT2D eigenvalue weighted by Gasteiger charge is -2.48. The smallest absolute Gasteiger partial charge is 0.179 e. The lowest BCUT2D eigenvalue weighted by molar-refractivity contribution is 1.17. The van der Waals surface area contributed by atoms with Crippen LogP contribution in [0.15, 0.2) is 279 Å². The second-order valence-corrected chi connectivity index (χ2v) is 26.2. The Morgan fingerprint density at radius 1 is 0.243 bits per heavy atom. The molecule has 0 unspecified atom stereocenters. The fourth-order valence-corrected chi connectivity index (χ4v) is 24.7. The fourth-order valence-electron chi connectivity index (χ4n) is 12.6. The summed E-state index contributed by atoms with van der Waals surface area (Å²) in [6.45, 7) is 0. The molecule has 0 bridgehead atoms. The molecule has 14 rings (SSSR count). The van der Waals surface area contributed by atoms with E-state index in [1.807, 2.05) is 0 Å². The lowest BCUT2D eigenvalue weighted by Crippen LogP contribution is -2.93. The van der Waals surface area contributed by atoms with Gasteiger partial charge in [-0.3, -0.25) is 0 Å². The van der Waals surface area contributed by atoms with Crippen molar-refractivity contribution in [1.82, 2.24) is 9.13 Å². The minimum absolute atomic E-state index is 1.14. The zero-order chi connectivity index (χ0) is 46.2. The summed E-state index contributed by atoms with van der Waals surface area (Å²) in [5.74, 6) is 0. The predicted molar refractivity (Wildman–Crippen MR) is 301 cm³/mol. The average molecular weight is 923 g/mol. The summed E-state index contributed by atoms with van der Waals surface area (Å²) in [6, 6.07) is 106. The van der Waals surface area contributed by atoms with Crippen LogP contribution in [0.25, 0.3) is 66.1 Å². The van der Waals surface area contributed by atoms with E-state index in [4.69, 9.17) is 0 Å². The van der Waals surface area contributed by atoms with Crippen molar-refractivity contribution >= 4 is 101 Å². The Kier molecular flexibility index (Phi) is 9.28. The number of aromatic nitrogens is 2. The maximum Gasteiger partial charge on any atom is 0.179 e. The molecule has 2 aromatic heterocycles. The number of hydrogen-bond acceptors (Lipinski definition) is 0. The predicted octanol–water partition coefficient (Wildman–Crippen LogP) is 10.6. The summed E-state index contributed by atoms with van der Waals surface area (Å²) >= 11 is 0. The SMILES string of the molecule is c1ccc(-c2ccc(-n3c4ccccc4c4c(-n5c6ccccc6c6ccc([Si]7(c8ccccc8)c8ccccc8[Si](c8ccccc8)(c8ccccc8)c8ccccc87)cc65)cccc43)cc2)cc1. The van der Waals surface area contributed by atoms with Crippen LogP contribution in [-0.2, 0) is 0 Å². The van der Waals surface area contributed by atoms with Gasteiger partial charge >= 0.3 is 0 Å². The van der Waals surface area contributed by atoms with E-state index in [-0.39, 0.29) is 0 Å². The van der Waals surface area contributed by atoms with Gasteiger partial charge in [0, 0.05) is 27.2 Å². The van der Waals surface area contributed by atoms with Crippen molar-refractivity contribution in [3.05, 3.63) is 279 Å². The molecule has 0 atom stereocenters. The Bertz CT molecular complexity index is 4010. The van der Waals surface area contributed by atoms with Gasteiger partial charge in [0.2, 0.25) is 0 Å². The van der Waals surface area contributed by atoms with Gasteiger partial charge in [-0.15, -0.1) is 0 Å². The first-order chi connectivity index (χ1) is 34.8. The molecule has 0 aliphatic carbocycles. The molecular weight excluding hydrogens is 877 g/mol. The van der Waals surface area contributed by atoms with Gasteiger partial charge in [0.1, 0.15) is 0 Å². The van der Waals surface area contributed by atoms with Crippen molar-refractivity contribution < 1.29 is 0 Å². The van der Waals surface area contributed by atoms with Crippen LogP contribution < -0.4 is 41.5 Å². The van der Waals surface area contributed by atoms with Crippen LogP contribution in [0.2, 0.25) is 0 Å². The van der Waals surface area contributed by atoms with Crippen LogP contribution in [0, 0.1) is 0 Å². The van der Waals surface area contributed by atoms with E-state index in [1.165, 1.54) is 102 Å². The number of nitrogens with zero attached hydrogens (tertiary/aromatic N) is 2. The van der Waals surface area contributed by atoms with Crippen molar-refractivity contribution in [3.8, 4) is 22.5 Å². The third-order valence-corrected chi connectivity index (χ3v) is 25.6. The third kappa shape index (κ3) is 5.72. The van der Waals surface area contributed by atoms with Crippen molar-refractivity contribution in [2.45, 2.75) is 0 Å². The van der Waals surface area contributed by atoms with Crippen LogP contribution in [-0.4, -0.2) is 25.3 Å². The van der Waals surface area contributed by atoms with Gasteiger partial charge in [-0.05, 0) is 95.1 Å². The van der Waals surface area contributed by atoms with Crippen LogP contribution >= 0.6 is 0 Å². The molecule has 0 fully saturated rings. The molecule has 0 N–H and O–H groups in total. The van der Waals surface area contributed by atoms with Gasteiger partial charge in [0.25, 0.3) is 0 Å². The van der Waals surface area contributed by atoms with E-state index in [9.17, 15) is 0 Å². The standard InChI is InChI=1S/C66H46N2Si2/c1-5-22-47(23-6-1)48-40-42-49(43-41-48)67-58-33-16-14-31-56(58)66-59(67)34-21-35-60(66)68-57-32-15-13-30-54(57)55-45-44-53(46-61(55)68)70(52-28-11-4-12-29-52)64-38-19-17-36-62(64)69(50-24-7-2-8-25-50,51-26-9-3-10-27-51)63-37-18-20-39-65(63)70/h1-46H. The number of para-hydroxylation sites is 2. The molecule has 0 saturated heterocycles. The first-order valence-electron chi connectivity index (χ1n) is 24.3. The summed E-state index contributed by atoms with van der Waals surface area (Å²) in [6.07, 6.45) is 0. The molecule has 2 nitrogen and oxygen atoms in total. The molecule has 0 radical (unpaired) electrons. The summed E-state index contributed by atoms with van der Waals surface area (Å²) in [5.41, 5.74) is 9.53. The van der Waals surface area contributed by atoms with Gasteiger partial charge in [0.15, 0.2) is 16.1 Å². The normalized spacial score (nSPS) is 13.7. The van der Waals surface area contributed by atoms with Crippen molar-refractivity contribution in [2.24, 2.45) is 0 Å². The van der Waals surface area contributed by atoms with Gasteiger partial charge < -0.3 is 9.13 Å². The largest absolute Gasteiger partial charge is 0.309 e. The molecule has 13 aromatic rings. The summed E-state index contributed by atoms with van der Waals surface area (Å²) in [7, 11) is -5.92. The highest BCUT2D eigenvalue weighted by Gasteiger charge is 2.56. The highest BCUT2D eigenvalue weighted by Crippen LogP contribution is 2.40. The van der Waals surface area contributed by atoms with E-state index in [0.717, 1.165) is 5.69 Å². The van der Waals surface area contributed by atoms with Gasteiger partial charge in [-0.25, -0.2) is 0 Å². The van der Waals surface area contributed by atoms with Crippen LogP contribution in [0.5, 0.6) is 0 Å². The number of fused-ring (bicyclic) bond motifs is 8. The highest BCUT2D eigenvalue weighted by atomic mass is 28.3. The topological polar surface area (TPSA) is 9.86 Å². The first kappa shape index (κ1) is 40.5. The van der Waals surface area contributed by atoms with E-state index in [0.29, 0.717) is 0 Å². The lowest BCUT2D eigenvalue weighted by atomic mass is 10.1. The van der Waals surface area contributed by atoms with E-state index >= 15 is 0 Å². The van der Waals surface area contributed by atoms with Crippen molar-refractivity contribution in [2.75, 3.05) is 0 Å². The Morgan fingerprint density at radius 2 is 0.657 bits per heavy atom. The molecular formula is C66H46N2Si2. The Labute approximate surface area is 409 Å². The number of rotatable bonds is 7. The van der Waals surface area contributed by atoms with Crippen LogP contribution in [0.1, 0.15) is 0 Å². The maximum atomic E-state index is 2.60. The molecule has 0 saturated carbocycles. The summed E-state index contributed by atoms with van der Waals surface area (Å²) < 4.78 is 5.03. The van der Waals surface area contributed by atoms with Crippen molar-refractivity contribution in [1.29, 1.82) is 0 Å². The number of hydrogen-bond donors (Lipinski definition) is 0. The number of benzene rings is 11. The first-order valence-corrected chi connectivity index (χ1v) is 28.3. The molecule has 0 spiro atoms. The highest BCUT2D eigenvalue weighted by molar-refractivity contribution is 7.33. The molecule has 70 heavy (non-hydrogen) atoms. The zero-order valence-corrected chi connectivity index (χ0v) is 40.5. The molecule has 328 valence electrons. The molecule has 1 aliphatic rings. The Morgan fingerprint density at radius 3 is 1.21 bits per heavy atom. The van der Waals surface area contributed by atoms with Gasteiger partial charge in [-0.2, -0.15) is 0 Å². The molecule has 11 aromatic carbocycles. The fraction of sp³-hybridized carbons (Fsp3) is 0. The summed E-state index contributed by atoms with van der Waals surface area (Å²) in [4.78, 5) is 0. The quantitative estimate of drug-likeness (QED) is 0.141. The van der Waals surface area contributed by atoms with Crippen LogP contribution in [0.3, 0.4) is 0 Å². The third-order valence-electron chi connectivity index (χ3n) is 15.3. The van der Waals surface area contributed by atoms with E-state index < -0.39 is 16.1 Å².